The Morgan fingerprint density at radius 2 is 2.09 bits per heavy atom. The number of carbonyl (C=O) groups is 1. The fourth-order valence-corrected chi connectivity index (χ4v) is 3.17. The highest BCUT2D eigenvalue weighted by atomic mass is 16.5. The van der Waals surface area contributed by atoms with E-state index < -0.39 is 0 Å². The van der Waals surface area contributed by atoms with Crippen LogP contribution in [0.15, 0.2) is 53.9 Å². The smallest absolute Gasteiger partial charge is 0.240 e. The van der Waals surface area contributed by atoms with Crippen molar-refractivity contribution in [3.8, 4) is 5.75 Å². The number of benzene rings is 1. The van der Waals surface area contributed by atoms with Crippen molar-refractivity contribution in [1.82, 2.24) is 9.99 Å². The summed E-state index contributed by atoms with van der Waals surface area (Å²) in [7, 11) is 0. The van der Waals surface area contributed by atoms with E-state index >= 15 is 0 Å². The quantitative estimate of drug-likeness (QED) is 0.811. The Morgan fingerprint density at radius 1 is 1.27 bits per heavy atom. The molecule has 2 aliphatic rings. The van der Waals surface area contributed by atoms with Crippen molar-refractivity contribution >= 4 is 11.6 Å². The standard InChI is InChI=1S/C17H15N3O2/c1-11(21)20-17(12-5-3-2-4-6-12)14-10-22-15-7-8-18-9-13(15)16(14)19-20/h2-9,14,17H,10H2,1H3. The molecule has 0 bridgehead atoms. The average molecular weight is 293 g/mol. The highest BCUT2D eigenvalue weighted by Crippen LogP contribution is 2.41. The number of carbonyl (C=O) groups excluding carboxylic acids is 1. The van der Waals surface area contributed by atoms with Crippen LogP contribution in [0.25, 0.3) is 0 Å². The normalized spacial score (nSPS) is 22.4. The second-order valence-corrected chi connectivity index (χ2v) is 5.49. The highest BCUT2D eigenvalue weighted by molar-refractivity contribution is 6.07. The molecule has 1 aromatic carbocycles. The highest BCUT2D eigenvalue weighted by Gasteiger charge is 2.44. The summed E-state index contributed by atoms with van der Waals surface area (Å²) >= 11 is 0. The molecule has 0 saturated carbocycles. The van der Waals surface area contributed by atoms with E-state index in [0.29, 0.717) is 6.61 Å². The van der Waals surface area contributed by atoms with Gasteiger partial charge in [0.15, 0.2) is 0 Å². The minimum absolute atomic E-state index is 0.0306. The molecule has 0 fully saturated rings. The molecule has 0 radical (unpaired) electrons. The second kappa shape index (κ2) is 4.94. The number of hydrazone groups is 1. The van der Waals surface area contributed by atoms with Gasteiger partial charge in [-0.05, 0) is 11.6 Å². The number of hydrogen-bond acceptors (Lipinski definition) is 4. The first-order chi connectivity index (χ1) is 10.8. The number of rotatable bonds is 1. The van der Waals surface area contributed by atoms with Crippen molar-refractivity contribution in [1.29, 1.82) is 0 Å². The van der Waals surface area contributed by atoms with Gasteiger partial charge >= 0.3 is 0 Å². The largest absolute Gasteiger partial charge is 0.492 e. The maximum atomic E-state index is 12.0. The Hall–Kier alpha value is -2.69. The molecule has 22 heavy (non-hydrogen) atoms. The topological polar surface area (TPSA) is 54.8 Å². The van der Waals surface area contributed by atoms with Gasteiger partial charge in [-0.1, -0.05) is 30.3 Å². The molecule has 2 aliphatic heterocycles. The minimum atomic E-state index is -0.123. The number of ether oxygens (including phenoxy) is 1. The van der Waals surface area contributed by atoms with Crippen LogP contribution in [0.5, 0.6) is 5.75 Å². The first kappa shape index (κ1) is 13.0. The SMILES string of the molecule is CC(=O)N1N=C2c3cnccc3OCC2C1c1ccccc1. The van der Waals surface area contributed by atoms with Gasteiger partial charge in [0.2, 0.25) is 5.91 Å². The van der Waals surface area contributed by atoms with E-state index in [1.165, 1.54) is 0 Å². The van der Waals surface area contributed by atoms with Crippen LogP contribution in [0, 0.1) is 5.92 Å². The number of fused-ring (bicyclic) bond motifs is 3. The van der Waals surface area contributed by atoms with Crippen molar-refractivity contribution in [2.75, 3.05) is 6.61 Å². The fourth-order valence-electron chi connectivity index (χ4n) is 3.17. The van der Waals surface area contributed by atoms with Gasteiger partial charge in [-0.2, -0.15) is 5.10 Å². The Balaban J connectivity index is 1.82. The number of amides is 1. The summed E-state index contributed by atoms with van der Waals surface area (Å²) in [4.78, 5) is 16.2. The third kappa shape index (κ3) is 1.89. The van der Waals surface area contributed by atoms with Gasteiger partial charge in [0.05, 0.1) is 29.8 Å². The summed E-state index contributed by atoms with van der Waals surface area (Å²) in [5.74, 6) is 0.742. The van der Waals surface area contributed by atoms with Crippen LogP contribution in [-0.2, 0) is 4.79 Å². The minimum Gasteiger partial charge on any atom is -0.492 e. The molecule has 3 heterocycles. The van der Waals surface area contributed by atoms with E-state index in [0.717, 1.165) is 22.6 Å². The van der Waals surface area contributed by atoms with E-state index in [1.807, 2.05) is 36.4 Å². The van der Waals surface area contributed by atoms with Crippen molar-refractivity contribution in [2.45, 2.75) is 13.0 Å². The third-order valence-corrected chi connectivity index (χ3v) is 4.15. The number of aromatic nitrogens is 1. The molecule has 0 aliphatic carbocycles. The van der Waals surface area contributed by atoms with Gasteiger partial charge in [0.1, 0.15) is 5.75 Å². The summed E-state index contributed by atoms with van der Waals surface area (Å²) in [5.41, 5.74) is 2.83. The van der Waals surface area contributed by atoms with Gasteiger partial charge < -0.3 is 4.74 Å². The summed E-state index contributed by atoms with van der Waals surface area (Å²) in [5, 5.41) is 6.16. The lowest BCUT2D eigenvalue weighted by Crippen LogP contribution is -2.34. The fraction of sp³-hybridized carbons (Fsp3) is 0.235. The molecule has 2 aromatic rings. The van der Waals surface area contributed by atoms with E-state index in [-0.39, 0.29) is 17.9 Å². The monoisotopic (exact) mass is 293 g/mol. The molecule has 110 valence electrons. The summed E-state index contributed by atoms with van der Waals surface area (Å²) in [6, 6.07) is 11.7. The van der Waals surface area contributed by atoms with Crippen LogP contribution in [0.3, 0.4) is 0 Å². The van der Waals surface area contributed by atoms with E-state index in [9.17, 15) is 4.79 Å². The first-order valence-electron chi connectivity index (χ1n) is 7.26. The maximum Gasteiger partial charge on any atom is 0.240 e. The molecule has 0 saturated heterocycles. The van der Waals surface area contributed by atoms with E-state index in [4.69, 9.17) is 4.74 Å². The van der Waals surface area contributed by atoms with Crippen LogP contribution in [0.2, 0.25) is 0 Å². The van der Waals surface area contributed by atoms with Crippen molar-refractivity contribution < 1.29 is 9.53 Å². The van der Waals surface area contributed by atoms with Gasteiger partial charge in [0, 0.05) is 19.3 Å². The zero-order valence-electron chi connectivity index (χ0n) is 12.1. The molecule has 1 aromatic heterocycles. The number of hydrogen-bond donors (Lipinski definition) is 0. The van der Waals surface area contributed by atoms with Crippen LogP contribution >= 0.6 is 0 Å². The molecule has 0 N–H and O–H groups in total. The Bertz CT molecular complexity index is 758. The lowest BCUT2D eigenvalue weighted by atomic mass is 9.86. The van der Waals surface area contributed by atoms with Gasteiger partial charge in [-0.3, -0.25) is 9.78 Å². The Morgan fingerprint density at radius 3 is 2.86 bits per heavy atom. The summed E-state index contributed by atoms with van der Waals surface area (Å²) < 4.78 is 5.86. The molecular formula is C17H15N3O2. The Labute approximate surface area is 128 Å². The summed E-state index contributed by atoms with van der Waals surface area (Å²) in [6.45, 7) is 2.06. The van der Waals surface area contributed by atoms with Crippen molar-refractivity contribution in [3.63, 3.8) is 0 Å². The molecule has 2 unspecified atom stereocenters. The Kier molecular flexibility index (Phi) is 2.92. The van der Waals surface area contributed by atoms with Crippen molar-refractivity contribution in [3.05, 3.63) is 59.9 Å². The first-order valence-corrected chi connectivity index (χ1v) is 7.26. The molecular weight excluding hydrogens is 278 g/mol. The molecule has 5 heteroatoms. The van der Waals surface area contributed by atoms with Gasteiger partial charge in [-0.25, -0.2) is 5.01 Å². The van der Waals surface area contributed by atoms with Crippen LogP contribution in [0.1, 0.15) is 24.1 Å². The zero-order valence-corrected chi connectivity index (χ0v) is 12.1. The maximum absolute atomic E-state index is 12.0. The van der Waals surface area contributed by atoms with Crippen LogP contribution in [-0.4, -0.2) is 28.2 Å². The molecule has 5 nitrogen and oxygen atoms in total. The molecule has 0 spiro atoms. The average Bonchev–Trinajstić information content (AvgIpc) is 2.96. The van der Waals surface area contributed by atoms with Crippen LogP contribution < -0.4 is 4.74 Å². The molecule has 1 amide bonds. The number of pyridine rings is 1. The second-order valence-electron chi connectivity index (χ2n) is 5.49. The predicted octanol–water partition coefficient (Wildman–Crippen LogP) is 2.40. The van der Waals surface area contributed by atoms with Gasteiger partial charge in [0.25, 0.3) is 0 Å². The summed E-state index contributed by atoms with van der Waals surface area (Å²) in [6.07, 6.45) is 3.46. The number of nitrogens with zero attached hydrogens (tertiary/aromatic N) is 3. The van der Waals surface area contributed by atoms with Gasteiger partial charge in [-0.15, -0.1) is 0 Å². The van der Waals surface area contributed by atoms with E-state index in [2.05, 4.69) is 10.1 Å². The lowest BCUT2D eigenvalue weighted by Gasteiger charge is -2.29. The molecule has 2 atom stereocenters. The third-order valence-electron chi connectivity index (χ3n) is 4.15. The lowest BCUT2D eigenvalue weighted by molar-refractivity contribution is -0.131. The van der Waals surface area contributed by atoms with Crippen molar-refractivity contribution in [2.24, 2.45) is 11.0 Å². The predicted molar refractivity (Wildman–Crippen MR) is 81.5 cm³/mol. The van der Waals surface area contributed by atoms with Crippen LogP contribution in [0.4, 0.5) is 0 Å². The zero-order chi connectivity index (χ0) is 15.1. The molecule has 4 rings (SSSR count). The van der Waals surface area contributed by atoms with E-state index in [1.54, 1.807) is 24.3 Å².